The van der Waals surface area contributed by atoms with Crippen molar-refractivity contribution >= 4 is 12.0 Å². The summed E-state index contributed by atoms with van der Waals surface area (Å²) >= 11 is 0. The van der Waals surface area contributed by atoms with Gasteiger partial charge >= 0.3 is 6.61 Å². The van der Waals surface area contributed by atoms with Crippen LogP contribution in [0, 0.1) is 11.6 Å². The van der Waals surface area contributed by atoms with Gasteiger partial charge in [-0.05, 0) is 47.9 Å². The maximum atomic E-state index is 13.1. The standard InChI is InChI=1S/C19H17F4NO3/c1-26-17-10-12(2-4-16(17)27-19(22)23)3-5-18(25)24-7-6-13-8-14(20)11-15(21)9-13/h2-5,8-11,19H,6-7H2,1H3,(H,24,25)/b5-3+. The van der Waals surface area contributed by atoms with Crippen LogP contribution in [-0.2, 0) is 11.2 Å². The van der Waals surface area contributed by atoms with E-state index in [-0.39, 0.29) is 24.5 Å². The van der Waals surface area contributed by atoms with E-state index in [1.54, 1.807) is 0 Å². The van der Waals surface area contributed by atoms with Crippen molar-refractivity contribution in [3.8, 4) is 11.5 Å². The number of nitrogens with one attached hydrogen (secondary N) is 1. The molecule has 0 fully saturated rings. The van der Waals surface area contributed by atoms with Gasteiger partial charge in [-0.15, -0.1) is 0 Å². The van der Waals surface area contributed by atoms with E-state index >= 15 is 0 Å². The molecule has 0 aliphatic rings. The average molecular weight is 383 g/mol. The fourth-order valence-corrected chi connectivity index (χ4v) is 2.30. The quantitative estimate of drug-likeness (QED) is 0.555. The molecule has 0 atom stereocenters. The van der Waals surface area contributed by atoms with Gasteiger partial charge in [-0.2, -0.15) is 8.78 Å². The number of alkyl halides is 2. The molecule has 8 heteroatoms. The van der Waals surface area contributed by atoms with Crippen LogP contribution in [0.2, 0.25) is 0 Å². The lowest BCUT2D eigenvalue weighted by atomic mass is 10.1. The minimum absolute atomic E-state index is 0.103. The van der Waals surface area contributed by atoms with Crippen molar-refractivity contribution in [1.82, 2.24) is 5.32 Å². The fourth-order valence-electron chi connectivity index (χ4n) is 2.30. The fraction of sp³-hybridized carbons (Fsp3) is 0.211. The van der Waals surface area contributed by atoms with E-state index in [1.807, 2.05) is 0 Å². The Labute approximate surface area is 153 Å². The summed E-state index contributed by atoms with van der Waals surface area (Å²) in [4.78, 5) is 11.8. The molecule has 0 bridgehead atoms. The number of ether oxygens (including phenoxy) is 2. The summed E-state index contributed by atoms with van der Waals surface area (Å²) in [7, 11) is 1.31. The molecule has 1 N–H and O–H groups in total. The van der Waals surface area contributed by atoms with Gasteiger partial charge in [0.25, 0.3) is 0 Å². The Hall–Kier alpha value is -3.03. The molecule has 0 saturated heterocycles. The van der Waals surface area contributed by atoms with Crippen molar-refractivity contribution in [3.63, 3.8) is 0 Å². The van der Waals surface area contributed by atoms with E-state index in [0.717, 1.165) is 6.07 Å². The second-order valence-corrected chi connectivity index (χ2v) is 5.44. The Morgan fingerprint density at radius 1 is 1.11 bits per heavy atom. The van der Waals surface area contributed by atoms with Crippen LogP contribution in [0.3, 0.4) is 0 Å². The van der Waals surface area contributed by atoms with E-state index in [0.29, 0.717) is 11.1 Å². The zero-order valence-corrected chi connectivity index (χ0v) is 14.3. The number of hydrogen-bond acceptors (Lipinski definition) is 3. The molecule has 1 amide bonds. The Balaban J connectivity index is 1.90. The molecule has 0 radical (unpaired) electrons. The molecular formula is C19H17F4NO3. The van der Waals surface area contributed by atoms with Gasteiger partial charge in [0.15, 0.2) is 11.5 Å². The molecule has 2 aromatic carbocycles. The summed E-state index contributed by atoms with van der Waals surface area (Å²) in [5, 5.41) is 2.58. The number of rotatable bonds is 8. The van der Waals surface area contributed by atoms with Gasteiger partial charge in [-0.3, -0.25) is 4.79 Å². The highest BCUT2D eigenvalue weighted by Crippen LogP contribution is 2.29. The van der Waals surface area contributed by atoms with Gasteiger partial charge in [-0.1, -0.05) is 6.07 Å². The highest BCUT2D eigenvalue weighted by atomic mass is 19.3. The zero-order valence-electron chi connectivity index (χ0n) is 14.3. The Morgan fingerprint density at radius 2 is 1.81 bits per heavy atom. The van der Waals surface area contributed by atoms with E-state index in [2.05, 4.69) is 10.1 Å². The molecule has 144 valence electrons. The first kappa shape index (κ1) is 20.3. The van der Waals surface area contributed by atoms with Crippen LogP contribution < -0.4 is 14.8 Å². The number of methoxy groups -OCH3 is 1. The van der Waals surface area contributed by atoms with Crippen LogP contribution in [0.15, 0.2) is 42.5 Å². The van der Waals surface area contributed by atoms with Crippen LogP contribution in [-0.4, -0.2) is 26.2 Å². The smallest absolute Gasteiger partial charge is 0.387 e. The Kier molecular flexibility index (Phi) is 7.22. The molecule has 0 aliphatic heterocycles. The molecule has 0 aliphatic carbocycles. The summed E-state index contributed by atoms with van der Waals surface area (Å²) in [5.74, 6) is -1.78. The summed E-state index contributed by atoms with van der Waals surface area (Å²) in [6.45, 7) is -2.78. The van der Waals surface area contributed by atoms with Crippen molar-refractivity contribution < 1.29 is 31.8 Å². The highest BCUT2D eigenvalue weighted by molar-refractivity contribution is 5.91. The maximum Gasteiger partial charge on any atom is 0.387 e. The van der Waals surface area contributed by atoms with Crippen LogP contribution in [0.25, 0.3) is 6.08 Å². The average Bonchev–Trinajstić information content (AvgIpc) is 2.59. The van der Waals surface area contributed by atoms with Crippen LogP contribution in [0.5, 0.6) is 11.5 Å². The summed E-state index contributed by atoms with van der Waals surface area (Å²) in [6.07, 6.45) is 2.97. The van der Waals surface area contributed by atoms with E-state index in [1.165, 1.54) is 49.6 Å². The van der Waals surface area contributed by atoms with Gasteiger partial charge in [0.1, 0.15) is 11.6 Å². The van der Waals surface area contributed by atoms with Crippen molar-refractivity contribution in [2.75, 3.05) is 13.7 Å². The number of carbonyl (C=O) groups excluding carboxylic acids is 1. The number of halogens is 4. The number of hydrogen-bond donors (Lipinski definition) is 1. The molecule has 2 aromatic rings. The molecule has 4 nitrogen and oxygen atoms in total. The first-order valence-corrected chi connectivity index (χ1v) is 7.91. The van der Waals surface area contributed by atoms with E-state index in [4.69, 9.17) is 4.74 Å². The van der Waals surface area contributed by atoms with E-state index in [9.17, 15) is 22.4 Å². The molecule has 0 saturated carbocycles. The largest absolute Gasteiger partial charge is 0.493 e. The Morgan fingerprint density at radius 3 is 2.44 bits per heavy atom. The van der Waals surface area contributed by atoms with Gasteiger partial charge in [0, 0.05) is 18.7 Å². The molecule has 0 aromatic heterocycles. The lowest BCUT2D eigenvalue weighted by Gasteiger charge is -2.10. The van der Waals surface area contributed by atoms with Crippen molar-refractivity contribution in [2.45, 2.75) is 13.0 Å². The van der Waals surface area contributed by atoms with Gasteiger partial charge in [0.05, 0.1) is 7.11 Å². The van der Waals surface area contributed by atoms with Gasteiger partial charge in [-0.25, -0.2) is 8.78 Å². The second kappa shape index (κ2) is 9.61. The molecule has 0 spiro atoms. The first-order valence-electron chi connectivity index (χ1n) is 7.91. The predicted molar refractivity (Wildman–Crippen MR) is 91.7 cm³/mol. The predicted octanol–water partition coefficient (Wildman–Crippen LogP) is 3.95. The van der Waals surface area contributed by atoms with Gasteiger partial charge in [0.2, 0.25) is 5.91 Å². The Bertz CT molecular complexity index is 804. The molecule has 2 rings (SSSR count). The third-order valence-corrected chi connectivity index (χ3v) is 3.47. The lowest BCUT2D eigenvalue weighted by molar-refractivity contribution is -0.116. The summed E-state index contributed by atoms with van der Waals surface area (Å²) in [5.41, 5.74) is 0.965. The first-order chi connectivity index (χ1) is 12.9. The summed E-state index contributed by atoms with van der Waals surface area (Å²) in [6, 6.07) is 7.40. The monoisotopic (exact) mass is 383 g/mol. The SMILES string of the molecule is COc1cc(/C=C/C(=O)NCCc2cc(F)cc(F)c2)ccc1OC(F)F. The second-order valence-electron chi connectivity index (χ2n) is 5.44. The molecule has 0 unspecified atom stereocenters. The zero-order chi connectivity index (χ0) is 19.8. The molecule has 27 heavy (non-hydrogen) atoms. The van der Waals surface area contributed by atoms with Crippen molar-refractivity contribution in [3.05, 3.63) is 65.2 Å². The minimum Gasteiger partial charge on any atom is -0.493 e. The molecule has 0 heterocycles. The number of benzene rings is 2. The van der Waals surface area contributed by atoms with Crippen LogP contribution in [0.4, 0.5) is 17.6 Å². The minimum atomic E-state index is -2.97. The maximum absolute atomic E-state index is 13.1. The third kappa shape index (κ3) is 6.65. The van der Waals surface area contributed by atoms with Crippen molar-refractivity contribution in [2.24, 2.45) is 0 Å². The van der Waals surface area contributed by atoms with Crippen molar-refractivity contribution in [1.29, 1.82) is 0 Å². The van der Waals surface area contributed by atoms with Gasteiger partial charge < -0.3 is 14.8 Å². The number of carbonyl (C=O) groups is 1. The molecular weight excluding hydrogens is 366 g/mol. The van der Waals surface area contributed by atoms with E-state index < -0.39 is 24.2 Å². The van der Waals surface area contributed by atoms with Crippen LogP contribution >= 0.6 is 0 Å². The third-order valence-electron chi connectivity index (χ3n) is 3.47. The topological polar surface area (TPSA) is 47.6 Å². The lowest BCUT2D eigenvalue weighted by Crippen LogP contribution is -2.23. The highest BCUT2D eigenvalue weighted by Gasteiger charge is 2.10. The normalized spacial score (nSPS) is 11.0. The van der Waals surface area contributed by atoms with Crippen LogP contribution in [0.1, 0.15) is 11.1 Å². The number of amides is 1. The summed E-state index contributed by atoms with van der Waals surface area (Å²) < 4.78 is 60.0.